The lowest BCUT2D eigenvalue weighted by Gasteiger charge is -2.24. The van der Waals surface area contributed by atoms with Crippen LogP contribution in [0.4, 0.5) is 4.39 Å². The molecule has 1 unspecified atom stereocenters. The Morgan fingerprint density at radius 3 is 2.56 bits per heavy atom. The first kappa shape index (κ1) is 14.9. The van der Waals surface area contributed by atoms with Crippen molar-refractivity contribution in [2.45, 2.75) is 18.9 Å². The van der Waals surface area contributed by atoms with Gasteiger partial charge >= 0.3 is 5.97 Å². The molecule has 0 fully saturated rings. The van der Waals surface area contributed by atoms with E-state index in [-0.39, 0.29) is 18.8 Å². The largest absolute Gasteiger partial charge is 0.469 e. The summed E-state index contributed by atoms with van der Waals surface area (Å²) in [6, 6.07) is 6.14. The lowest BCUT2D eigenvalue weighted by Crippen LogP contribution is -2.36. The average Bonchev–Trinajstić information content (AvgIpc) is 2.17. The highest BCUT2D eigenvalue weighted by Gasteiger charge is 2.27. The van der Waals surface area contributed by atoms with Gasteiger partial charge in [0.25, 0.3) is 0 Å². The molecule has 0 heterocycles. The molecule has 0 saturated heterocycles. The van der Waals surface area contributed by atoms with Gasteiger partial charge in [-0.2, -0.15) is 0 Å². The molecular weight excluding hydrogens is 233 g/mol. The molecular formula is C11H15ClFNO2. The first-order valence-corrected chi connectivity index (χ1v) is 4.58. The predicted octanol–water partition coefficient (Wildman–Crippen LogP) is 1.98. The minimum absolute atomic E-state index is 0. The fourth-order valence-electron chi connectivity index (χ4n) is 1.39. The summed E-state index contributed by atoms with van der Waals surface area (Å²) >= 11 is 0. The molecule has 5 heteroatoms. The van der Waals surface area contributed by atoms with Crippen molar-refractivity contribution in [3.05, 3.63) is 35.6 Å². The molecule has 0 saturated carbocycles. The van der Waals surface area contributed by atoms with Crippen molar-refractivity contribution in [3.63, 3.8) is 0 Å². The van der Waals surface area contributed by atoms with E-state index in [1.165, 1.54) is 13.2 Å². The first-order valence-electron chi connectivity index (χ1n) is 4.58. The number of hydrogen-bond acceptors (Lipinski definition) is 3. The molecule has 2 N–H and O–H groups in total. The Morgan fingerprint density at radius 1 is 1.50 bits per heavy atom. The number of esters is 1. The van der Waals surface area contributed by atoms with Crippen molar-refractivity contribution < 1.29 is 13.9 Å². The third-order valence-corrected chi connectivity index (χ3v) is 2.23. The molecule has 90 valence electrons. The molecule has 0 amide bonds. The highest BCUT2D eigenvalue weighted by molar-refractivity contribution is 5.85. The van der Waals surface area contributed by atoms with Crippen LogP contribution in [-0.2, 0) is 15.1 Å². The standard InChI is InChI=1S/C11H14FNO2.ClH/c1-11(13,7-10(14)15-2)8-5-3-4-6-9(8)12;/h3-6H,7,13H2,1-2H3;1H. The predicted molar refractivity (Wildman–Crippen MR) is 61.8 cm³/mol. The molecule has 0 aliphatic heterocycles. The van der Waals surface area contributed by atoms with E-state index in [9.17, 15) is 9.18 Å². The normalized spacial score (nSPS) is 13.5. The Hall–Kier alpha value is -1.13. The number of halogens is 2. The van der Waals surface area contributed by atoms with E-state index >= 15 is 0 Å². The fourth-order valence-corrected chi connectivity index (χ4v) is 1.39. The van der Waals surface area contributed by atoms with Crippen LogP contribution in [-0.4, -0.2) is 13.1 Å². The van der Waals surface area contributed by atoms with E-state index in [1.807, 2.05) is 0 Å². The number of benzene rings is 1. The minimum atomic E-state index is -1.04. The van der Waals surface area contributed by atoms with Crippen molar-refractivity contribution in [3.8, 4) is 0 Å². The molecule has 0 aromatic heterocycles. The lowest BCUT2D eigenvalue weighted by atomic mass is 9.89. The van der Waals surface area contributed by atoms with Gasteiger partial charge in [-0.1, -0.05) is 18.2 Å². The van der Waals surface area contributed by atoms with Crippen molar-refractivity contribution in [2.75, 3.05) is 7.11 Å². The maximum Gasteiger partial charge on any atom is 0.307 e. The molecule has 0 bridgehead atoms. The Balaban J connectivity index is 0.00000225. The van der Waals surface area contributed by atoms with Gasteiger partial charge in [0.05, 0.1) is 19.1 Å². The van der Waals surface area contributed by atoms with Crippen molar-refractivity contribution in [1.82, 2.24) is 0 Å². The number of hydrogen-bond donors (Lipinski definition) is 1. The molecule has 1 aromatic rings. The Morgan fingerprint density at radius 2 is 2.06 bits per heavy atom. The van der Waals surface area contributed by atoms with E-state index in [0.717, 1.165) is 0 Å². The second kappa shape index (κ2) is 5.82. The van der Waals surface area contributed by atoms with E-state index < -0.39 is 17.3 Å². The van der Waals surface area contributed by atoms with Crippen LogP contribution in [0, 0.1) is 5.82 Å². The van der Waals surface area contributed by atoms with E-state index in [0.29, 0.717) is 5.56 Å². The van der Waals surface area contributed by atoms with Crippen LogP contribution in [0.15, 0.2) is 24.3 Å². The zero-order valence-corrected chi connectivity index (χ0v) is 10.0. The summed E-state index contributed by atoms with van der Waals surface area (Å²) < 4.78 is 17.9. The topological polar surface area (TPSA) is 52.3 Å². The molecule has 1 rings (SSSR count). The van der Waals surface area contributed by atoms with Gasteiger partial charge in [-0.25, -0.2) is 4.39 Å². The maximum absolute atomic E-state index is 13.4. The summed E-state index contributed by atoms with van der Waals surface area (Å²) in [7, 11) is 1.28. The summed E-state index contributed by atoms with van der Waals surface area (Å²) in [5.74, 6) is -0.866. The highest BCUT2D eigenvalue weighted by atomic mass is 35.5. The molecule has 1 atom stereocenters. The van der Waals surface area contributed by atoms with Crippen LogP contribution in [0.5, 0.6) is 0 Å². The Labute approximate surface area is 100 Å². The van der Waals surface area contributed by atoms with Crippen molar-refractivity contribution in [1.29, 1.82) is 0 Å². The van der Waals surface area contributed by atoms with Gasteiger partial charge in [0.15, 0.2) is 0 Å². The van der Waals surface area contributed by atoms with Gasteiger partial charge in [-0.05, 0) is 13.0 Å². The van der Waals surface area contributed by atoms with Gasteiger partial charge in [-0.15, -0.1) is 12.4 Å². The Bertz CT molecular complexity index is 369. The zero-order valence-electron chi connectivity index (χ0n) is 9.20. The second-order valence-electron chi connectivity index (χ2n) is 3.65. The minimum Gasteiger partial charge on any atom is -0.469 e. The average molecular weight is 248 g/mol. The molecule has 16 heavy (non-hydrogen) atoms. The van der Waals surface area contributed by atoms with Crippen LogP contribution in [0.25, 0.3) is 0 Å². The molecule has 0 aliphatic rings. The lowest BCUT2D eigenvalue weighted by molar-refractivity contribution is -0.142. The van der Waals surface area contributed by atoms with E-state index in [2.05, 4.69) is 4.74 Å². The molecule has 0 spiro atoms. The zero-order chi connectivity index (χ0) is 11.5. The van der Waals surface area contributed by atoms with Crippen LogP contribution < -0.4 is 5.73 Å². The van der Waals surface area contributed by atoms with Crippen molar-refractivity contribution >= 4 is 18.4 Å². The van der Waals surface area contributed by atoms with Crippen LogP contribution in [0.2, 0.25) is 0 Å². The third-order valence-electron chi connectivity index (χ3n) is 2.23. The summed E-state index contributed by atoms with van der Waals surface area (Å²) in [5.41, 5.74) is 5.15. The van der Waals surface area contributed by atoms with Crippen LogP contribution in [0.3, 0.4) is 0 Å². The summed E-state index contributed by atoms with van der Waals surface area (Å²) in [5, 5.41) is 0. The maximum atomic E-state index is 13.4. The number of ether oxygens (including phenoxy) is 1. The summed E-state index contributed by atoms with van der Waals surface area (Å²) in [4.78, 5) is 11.1. The van der Waals surface area contributed by atoms with Gasteiger partial charge in [0.2, 0.25) is 0 Å². The van der Waals surface area contributed by atoms with Gasteiger partial charge in [0, 0.05) is 5.56 Å². The molecule has 0 radical (unpaired) electrons. The monoisotopic (exact) mass is 247 g/mol. The number of carbonyl (C=O) groups is 1. The first-order chi connectivity index (χ1) is 6.97. The Kier molecular flexibility index (Phi) is 5.41. The van der Waals surface area contributed by atoms with Gasteiger partial charge in [-0.3, -0.25) is 4.79 Å². The van der Waals surface area contributed by atoms with E-state index in [1.54, 1.807) is 25.1 Å². The molecule has 1 aromatic carbocycles. The summed E-state index contributed by atoms with van der Waals surface area (Å²) in [6.45, 7) is 1.60. The quantitative estimate of drug-likeness (QED) is 0.831. The number of carbonyl (C=O) groups excluding carboxylic acids is 1. The van der Waals surface area contributed by atoms with Gasteiger partial charge in [0.1, 0.15) is 5.82 Å². The third kappa shape index (κ3) is 3.47. The fraction of sp³-hybridized carbons (Fsp3) is 0.364. The molecule has 0 aliphatic carbocycles. The summed E-state index contributed by atoms with van der Waals surface area (Å²) in [6.07, 6.45) is -0.0512. The van der Waals surface area contributed by atoms with Gasteiger partial charge < -0.3 is 10.5 Å². The van der Waals surface area contributed by atoms with E-state index in [4.69, 9.17) is 5.73 Å². The van der Waals surface area contributed by atoms with Crippen LogP contribution >= 0.6 is 12.4 Å². The number of rotatable bonds is 3. The highest BCUT2D eigenvalue weighted by Crippen LogP contribution is 2.24. The van der Waals surface area contributed by atoms with Crippen molar-refractivity contribution in [2.24, 2.45) is 5.73 Å². The molecule has 3 nitrogen and oxygen atoms in total. The second-order valence-corrected chi connectivity index (χ2v) is 3.65. The number of nitrogens with two attached hydrogens (primary N) is 1. The number of methoxy groups -OCH3 is 1. The SMILES string of the molecule is COC(=O)CC(C)(N)c1ccccc1F.Cl. The van der Waals surface area contributed by atoms with Crippen LogP contribution in [0.1, 0.15) is 18.9 Å². The smallest absolute Gasteiger partial charge is 0.307 e.